The predicted octanol–water partition coefficient (Wildman–Crippen LogP) is 5.15. The van der Waals surface area contributed by atoms with Gasteiger partial charge in [-0.2, -0.15) is 0 Å². The molecule has 1 unspecified atom stereocenters. The van der Waals surface area contributed by atoms with Gasteiger partial charge in [0, 0.05) is 5.54 Å². The molecule has 1 fully saturated rings. The molecule has 1 heterocycles. The van der Waals surface area contributed by atoms with Crippen LogP contribution < -0.4 is 0 Å². The van der Waals surface area contributed by atoms with Gasteiger partial charge >= 0.3 is 0 Å². The van der Waals surface area contributed by atoms with Crippen molar-refractivity contribution >= 4 is 22.6 Å². The van der Waals surface area contributed by atoms with E-state index in [0.29, 0.717) is 5.52 Å². The molecule has 2 aromatic rings. The van der Waals surface area contributed by atoms with E-state index in [4.69, 9.17) is 11.6 Å². The van der Waals surface area contributed by atoms with E-state index in [0.717, 1.165) is 24.2 Å². The fourth-order valence-corrected chi connectivity index (χ4v) is 3.60. The van der Waals surface area contributed by atoms with E-state index in [2.05, 4.69) is 16.5 Å². The van der Waals surface area contributed by atoms with E-state index >= 15 is 0 Å². The van der Waals surface area contributed by atoms with Crippen molar-refractivity contribution in [3.63, 3.8) is 0 Å². The first-order valence-electron chi connectivity index (χ1n) is 7.34. The Morgan fingerprint density at radius 3 is 2.65 bits per heavy atom. The van der Waals surface area contributed by atoms with Crippen molar-refractivity contribution in [2.24, 2.45) is 0 Å². The molecule has 0 saturated heterocycles. The third-order valence-corrected chi connectivity index (χ3v) is 4.68. The fraction of sp³-hybridized carbons (Fsp3) is 0.562. The monoisotopic (exact) mass is 294 g/mol. The standard InChI is InChI=1S/C16H20ClFN2/c1-11(17)15-19-14-12(18)7-6-8-13(14)20(15)16(2)9-4-3-5-10-16/h6-8,11H,3-5,9-10H2,1-2H3. The van der Waals surface area contributed by atoms with Gasteiger partial charge in [0.15, 0.2) is 5.82 Å². The van der Waals surface area contributed by atoms with Crippen molar-refractivity contribution in [3.05, 3.63) is 29.8 Å². The number of imidazole rings is 1. The molecular formula is C16H20ClFN2. The Hall–Kier alpha value is -1.09. The summed E-state index contributed by atoms with van der Waals surface area (Å²) in [6, 6.07) is 5.17. The van der Waals surface area contributed by atoms with E-state index in [1.807, 2.05) is 13.0 Å². The average molecular weight is 295 g/mol. The van der Waals surface area contributed by atoms with E-state index < -0.39 is 0 Å². The van der Waals surface area contributed by atoms with Gasteiger partial charge in [0.05, 0.1) is 10.9 Å². The number of halogens is 2. The summed E-state index contributed by atoms with van der Waals surface area (Å²) in [6.45, 7) is 4.16. The Labute approximate surface area is 123 Å². The Kier molecular flexibility index (Phi) is 3.49. The maximum atomic E-state index is 14.0. The van der Waals surface area contributed by atoms with Crippen LogP contribution in [0.5, 0.6) is 0 Å². The minimum atomic E-state index is -0.265. The first-order valence-corrected chi connectivity index (χ1v) is 7.78. The van der Waals surface area contributed by atoms with Crippen LogP contribution in [0.1, 0.15) is 57.2 Å². The lowest BCUT2D eigenvalue weighted by Crippen LogP contribution is -2.34. The molecule has 3 rings (SSSR count). The molecule has 0 N–H and O–H groups in total. The summed E-state index contributed by atoms with van der Waals surface area (Å²) in [5.41, 5.74) is 1.32. The van der Waals surface area contributed by atoms with Crippen molar-refractivity contribution in [1.29, 1.82) is 0 Å². The molecule has 2 nitrogen and oxygen atoms in total. The highest BCUT2D eigenvalue weighted by Crippen LogP contribution is 2.40. The molecule has 1 aliphatic rings. The third kappa shape index (κ3) is 2.12. The van der Waals surface area contributed by atoms with Crippen LogP contribution in [0.2, 0.25) is 0 Å². The number of aromatic nitrogens is 2. The maximum absolute atomic E-state index is 14.0. The first kappa shape index (κ1) is 13.9. The molecule has 4 heteroatoms. The number of fused-ring (bicyclic) bond motifs is 1. The van der Waals surface area contributed by atoms with Crippen molar-refractivity contribution in [3.8, 4) is 0 Å². The summed E-state index contributed by atoms with van der Waals surface area (Å²) in [4.78, 5) is 4.49. The van der Waals surface area contributed by atoms with Gasteiger partial charge in [-0.1, -0.05) is 25.3 Å². The molecule has 20 heavy (non-hydrogen) atoms. The van der Waals surface area contributed by atoms with Gasteiger partial charge in [0.25, 0.3) is 0 Å². The maximum Gasteiger partial charge on any atom is 0.151 e. The Morgan fingerprint density at radius 2 is 2.00 bits per heavy atom. The number of nitrogens with zero attached hydrogens (tertiary/aromatic N) is 2. The van der Waals surface area contributed by atoms with E-state index in [-0.39, 0.29) is 16.7 Å². The van der Waals surface area contributed by atoms with Crippen LogP contribution in [0.25, 0.3) is 11.0 Å². The largest absolute Gasteiger partial charge is 0.321 e. The second-order valence-electron chi connectivity index (χ2n) is 6.09. The molecule has 1 aliphatic carbocycles. The van der Waals surface area contributed by atoms with Gasteiger partial charge in [-0.05, 0) is 38.8 Å². The quantitative estimate of drug-likeness (QED) is 0.700. The normalized spacial score (nSPS) is 20.2. The lowest BCUT2D eigenvalue weighted by Gasteiger charge is -2.37. The molecule has 0 radical (unpaired) electrons. The predicted molar refractivity (Wildman–Crippen MR) is 80.7 cm³/mol. The molecule has 0 aliphatic heterocycles. The Balaban J connectivity index is 2.26. The van der Waals surface area contributed by atoms with Crippen LogP contribution in [0, 0.1) is 5.82 Å². The summed E-state index contributed by atoms with van der Waals surface area (Å²) in [6.07, 6.45) is 5.91. The van der Waals surface area contributed by atoms with Gasteiger partial charge in [-0.3, -0.25) is 0 Å². The fourth-order valence-electron chi connectivity index (χ4n) is 3.45. The number of alkyl halides is 1. The molecular weight excluding hydrogens is 275 g/mol. The highest BCUT2D eigenvalue weighted by atomic mass is 35.5. The van der Waals surface area contributed by atoms with Gasteiger partial charge in [0.2, 0.25) is 0 Å². The van der Waals surface area contributed by atoms with Gasteiger partial charge in [0.1, 0.15) is 11.3 Å². The number of para-hydroxylation sites is 1. The Morgan fingerprint density at radius 1 is 1.30 bits per heavy atom. The van der Waals surface area contributed by atoms with Crippen LogP contribution >= 0.6 is 11.6 Å². The number of rotatable bonds is 2. The van der Waals surface area contributed by atoms with Gasteiger partial charge in [-0.15, -0.1) is 11.6 Å². The van der Waals surface area contributed by atoms with E-state index in [9.17, 15) is 4.39 Å². The molecule has 1 saturated carbocycles. The van der Waals surface area contributed by atoms with Crippen LogP contribution in [-0.2, 0) is 5.54 Å². The van der Waals surface area contributed by atoms with Crippen LogP contribution in [-0.4, -0.2) is 9.55 Å². The average Bonchev–Trinajstić information content (AvgIpc) is 2.81. The number of benzene rings is 1. The van der Waals surface area contributed by atoms with Crippen LogP contribution in [0.4, 0.5) is 4.39 Å². The summed E-state index contributed by atoms with van der Waals surface area (Å²) >= 11 is 6.31. The highest BCUT2D eigenvalue weighted by Gasteiger charge is 2.33. The molecule has 0 spiro atoms. The van der Waals surface area contributed by atoms with Gasteiger partial charge in [-0.25, -0.2) is 9.37 Å². The molecule has 1 atom stereocenters. The van der Waals surface area contributed by atoms with Crippen LogP contribution in [0.15, 0.2) is 18.2 Å². The number of hydrogen-bond acceptors (Lipinski definition) is 1. The molecule has 0 bridgehead atoms. The zero-order chi connectivity index (χ0) is 14.3. The SMILES string of the molecule is CC(Cl)c1nc2c(F)cccc2n1C1(C)CCCCC1. The Bertz CT molecular complexity index is 627. The summed E-state index contributed by atoms with van der Waals surface area (Å²) < 4.78 is 16.2. The summed E-state index contributed by atoms with van der Waals surface area (Å²) in [5, 5.41) is -0.222. The molecule has 0 amide bonds. The lowest BCUT2D eigenvalue weighted by molar-refractivity contribution is 0.219. The first-order chi connectivity index (χ1) is 9.53. The summed E-state index contributed by atoms with van der Waals surface area (Å²) in [7, 11) is 0. The topological polar surface area (TPSA) is 17.8 Å². The van der Waals surface area contributed by atoms with E-state index in [1.54, 1.807) is 6.07 Å². The van der Waals surface area contributed by atoms with Crippen molar-refractivity contribution < 1.29 is 4.39 Å². The van der Waals surface area contributed by atoms with Crippen LogP contribution in [0.3, 0.4) is 0 Å². The third-order valence-electron chi connectivity index (χ3n) is 4.49. The van der Waals surface area contributed by atoms with Crippen molar-refractivity contribution in [2.45, 2.75) is 56.9 Å². The zero-order valence-electron chi connectivity index (χ0n) is 12.0. The zero-order valence-corrected chi connectivity index (χ0v) is 12.8. The van der Waals surface area contributed by atoms with Crippen molar-refractivity contribution in [1.82, 2.24) is 9.55 Å². The number of hydrogen-bond donors (Lipinski definition) is 0. The minimum Gasteiger partial charge on any atom is -0.321 e. The molecule has 108 valence electrons. The van der Waals surface area contributed by atoms with E-state index in [1.165, 1.54) is 25.3 Å². The lowest BCUT2D eigenvalue weighted by atomic mass is 9.82. The second kappa shape index (κ2) is 5.03. The van der Waals surface area contributed by atoms with Gasteiger partial charge < -0.3 is 4.57 Å². The minimum absolute atomic E-state index is 0.000718. The highest BCUT2D eigenvalue weighted by molar-refractivity contribution is 6.20. The van der Waals surface area contributed by atoms with Crippen molar-refractivity contribution in [2.75, 3.05) is 0 Å². The molecule has 1 aromatic carbocycles. The smallest absolute Gasteiger partial charge is 0.151 e. The second-order valence-corrected chi connectivity index (χ2v) is 6.74. The summed E-state index contributed by atoms with van der Waals surface area (Å²) in [5.74, 6) is 0.524. The molecule has 1 aromatic heterocycles.